The second kappa shape index (κ2) is 9.60. The monoisotopic (exact) mass is 437 g/mol. The van der Waals surface area contributed by atoms with E-state index in [4.69, 9.17) is 9.47 Å². The second-order valence-electron chi connectivity index (χ2n) is 7.91. The van der Waals surface area contributed by atoms with Gasteiger partial charge in [-0.3, -0.25) is 4.79 Å². The summed E-state index contributed by atoms with van der Waals surface area (Å²) >= 11 is 0. The van der Waals surface area contributed by atoms with Gasteiger partial charge in [0.25, 0.3) is 5.91 Å². The van der Waals surface area contributed by atoms with Crippen LogP contribution in [0.25, 0.3) is 0 Å². The van der Waals surface area contributed by atoms with Crippen LogP contribution in [0.4, 0.5) is 13.2 Å². The topological polar surface area (TPSA) is 59.0 Å². The number of hydrogen-bond donors (Lipinski definition) is 1. The Kier molecular flexibility index (Phi) is 7.10. The van der Waals surface area contributed by atoms with Crippen LogP contribution in [-0.4, -0.2) is 54.0 Å². The average Bonchev–Trinajstić information content (AvgIpc) is 2.71. The lowest BCUT2D eigenvalue weighted by atomic mass is 9.85. The van der Waals surface area contributed by atoms with Crippen molar-refractivity contribution in [3.05, 3.63) is 59.7 Å². The number of carbonyl (C=O) groups is 1. The molecule has 0 bridgehead atoms. The van der Waals surface area contributed by atoms with E-state index in [2.05, 4.69) is 0 Å². The summed E-state index contributed by atoms with van der Waals surface area (Å²) in [4.78, 5) is 14.1. The molecule has 0 aliphatic carbocycles. The molecule has 3 rings (SSSR count). The van der Waals surface area contributed by atoms with Gasteiger partial charge in [0.15, 0.2) is 24.7 Å². The molecular weight excluding hydrogens is 411 g/mol. The molecule has 1 N–H and O–H groups in total. The predicted octanol–water partition coefficient (Wildman–Crippen LogP) is 3.91. The second-order valence-corrected chi connectivity index (χ2v) is 7.91. The Bertz CT molecular complexity index is 892. The quantitative estimate of drug-likeness (QED) is 0.714. The zero-order chi connectivity index (χ0) is 22.5. The number of likely N-dealkylation sites (tertiary alicyclic amines) is 1. The van der Waals surface area contributed by atoms with Crippen LogP contribution >= 0.6 is 0 Å². The highest BCUT2D eigenvalue weighted by Crippen LogP contribution is 2.29. The molecule has 1 aliphatic heterocycles. The van der Waals surface area contributed by atoms with Crippen LogP contribution in [0.5, 0.6) is 11.5 Å². The van der Waals surface area contributed by atoms with Gasteiger partial charge in [0, 0.05) is 19.5 Å². The summed E-state index contributed by atoms with van der Waals surface area (Å²) in [5.74, 6) is -0.282. The Labute approximate surface area is 179 Å². The van der Waals surface area contributed by atoms with E-state index in [1.54, 1.807) is 11.0 Å². The molecule has 0 saturated carbocycles. The zero-order valence-corrected chi connectivity index (χ0v) is 17.3. The molecule has 1 amide bonds. The summed E-state index contributed by atoms with van der Waals surface area (Å²) in [5, 5.41) is 10.9. The molecular formula is C23H26F3NO4. The fraction of sp³-hybridized carbons (Fsp3) is 0.435. The number of rotatable bonds is 7. The van der Waals surface area contributed by atoms with Crippen LogP contribution in [-0.2, 0) is 11.2 Å². The Hall–Kier alpha value is -2.74. The number of nitrogens with zero attached hydrogens (tertiary/aromatic N) is 1. The number of halogens is 3. The highest BCUT2D eigenvalue weighted by atomic mass is 19.4. The van der Waals surface area contributed by atoms with E-state index in [0.717, 1.165) is 11.1 Å². The Morgan fingerprint density at radius 1 is 1.06 bits per heavy atom. The first-order valence-electron chi connectivity index (χ1n) is 10.1. The molecule has 0 spiro atoms. The van der Waals surface area contributed by atoms with Gasteiger partial charge in [0.2, 0.25) is 0 Å². The number of carbonyl (C=O) groups excluding carboxylic acids is 1. The number of amides is 1. The molecule has 8 heteroatoms. The first-order chi connectivity index (χ1) is 14.6. The van der Waals surface area contributed by atoms with Crippen LogP contribution in [0.15, 0.2) is 48.5 Å². The third-order valence-corrected chi connectivity index (χ3v) is 5.25. The van der Waals surface area contributed by atoms with E-state index in [-0.39, 0.29) is 24.0 Å². The lowest BCUT2D eigenvalue weighted by molar-refractivity contribution is -0.153. The molecule has 168 valence electrons. The molecule has 1 heterocycles. The van der Waals surface area contributed by atoms with Crippen molar-refractivity contribution in [1.82, 2.24) is 4.90 Å². The van der Waals surface area contributed by atoms with Gasteiger partial charge in [-0.25, -0.2) is 0 Å². The summed E-state index contributed by atoms with van der Waals surface area (Å²) in [6.07, 6.45) is -3.06. The van der Waals surface area contributed by atoms with E-state index in [1.165, 1.54) is 18.2 Å². The maximum Gasteiger partial charge on any atom is 0.422 e. The third-order valence-electron chi connectivity index (χ3n) is 5.25. The minimum absolute atomic E-state index is 0.0706. The molecule has 1 saturated heterocycles. The SMILES string of the molecule is Cc1cccc(CC2(O)CCN(C(=O)COc3ccccc3OCC(F)(F)F)CC2)c1. The summed E-state index contributed by atoms with van der Waals surface area (Å²) in [7, 11) is 0. The normalized spacial score (nSPS) is 16.1. The predicted molar refractivity (Wildman–Crippen MR) is 109 cm³/mol. The molecule has 5 nitrogen and oxygen atoms in total. The summed E-state index contributed by atoms with van der Waals surface area (Å²) < 4.78 is 47.4. The standard InChI is InChI=1S/C23H26F3NO4/c1-17-5-4-6-18(13-17)14-22(29)9-11-27(12-10-22)21(28)15-30-19-7-2-3-8-20(19)31-16-23(24,25)26/h2-8,13,29H,9-12,14-16H2,1H3. The van der Waals surface area contributed by atoms with Gasteiger partial charge in [-0.05, 0) is 37.5 Å². The summed E-state index contributed by atoms with van der Waals surface area (Å²) in [6, 6.07) is 13.9. The zero-order valence-electron chi connectivity index (χ0n) is 17.3. The van der Waals surface area contributed by atoms with E-state index in [0.29, 0.717) is 32.4 Å². The van der Waals surface area contributed by atoms with Crippen molar-refractivity contribution in [2.24, 2.45) is 0 Å². The minimum atomic E-state index is -4.47. The van der Waals surface area contributed by atoms with Crippen LogP contribution in [0, 0.1) is 6.92 Å². The lowest BCUT2D eigenvalue weighted by Crippen LogP contribution is -2.48. The van der Waals surface area contributed by atoms with E-state index in [1.807, 2.05) is 31.2 Å². The van der Waals surface area contributed by atoms with Crippen molar-refractivity contribution in [3.8, 4) is 11.5 Å². The Balaban J connectivity index is 1.50. The summed E-state index contributed by atoms with van der Waals surface area (Å²) in [5.41, 5.74) is 1.31. The fourth-order valence-electron chi connectivity index (χ4n) is 3.63. The first-order valence-corrected chi connectivity index (χ1v) is 10.1. The van der Waals surface area contributed by atoms with E-state index < -0.39 is 18.4 Å². The van der Waals surface area contributed by atoms with Gasteiger partial charge in [-0.1, -0.05) is 42.0 Å². The van der Waals surface area contributed by atoms with Crippen molar-refractivity contribution >= 4 is 5.91 Å². The average molecular weight is 437 g/mol. The molecule has 0 unspecified atom stereocenters. The van der Waals surface area contributed by atoms with Gasteiger partial charge in [-0.15, -0.1) is 0 Å². The number of hydrogen-bond acceptors (Lipinski definition) is 4. The minimum Gasteiger partial charge on any atom is -0.480 e. The molecule has 2 aromatic rings. The first kappa shape index (κ1) is 22.9. The number of aryl methyl sites for hydroxylation is 1. The molecule has 0 atom stereocenters. The number of aliphatic hydroxyl groups is 1. The molecule has 1 fully saturated rings. The van der Waals surface area contributed by atoms with Crippen LogP contribution < -0.4 is 9.47 Å². The van der Waals surface area contributed by atoms with Crippen molar-refractivity contribution in [1.29, 1.82) is 0 Å². The Morgan fingerprint density at radius 3 is 2.32 bits per heavy atom. The van der Waals surface area contributed by atoms with Gasteiger partial charge in [0.1, 0.15) is 0 Å². The number of benzene rings is 2. The highest BCUT2D eigenvalue weighted by Gasteiger charge is 2.34. The summed E-state index contributed by atoms with van der Waals surface area (Å²) in [6.45, 7) is 1.02. The fourth-order valence-corrected chi connectivity index (χ4v) is 3.63. The molecule has 1 aliphatic rings. The maximum atomic E-state index is 12.5. The van der Waals surface area contributed by atoms with Crippen LogP contribution in [0.2, 0.25) is 0 Å². The molecule has 2 aromatic carbocycles. The smallest absolute Gasteiger partial charge is 0.422 e. The van der Waals surface area contributed by atoms with E-state index in [9.17, 15) is 23.1 Å². The van der Waals surface area contributed by atoms with Crippen molar-refractivity contribution in [2.75, 3.05) is 26.3 Å². The van der Waals surface area contributed by atoms with E-state index >= 15 is 0 Å². The van der Waals surface area contributed by atoms with Crippen molar-refractivity contribution in [3.63, 3.8) is 0 Å². The largest absolute Gasteiger partial charge is 0.480 e. The number of ether oxygens (including phenoxy) is 2. The van der Waals surface area contributed by atoms with Crippen LogP contribution in [0.3, 0.4) is 0 Å². The maximum absolute atomic E-state index is 12.5. The number of piperidine rings is 1. The van der Waals surface area contributed by atoms with Crippen LogP contribution in [0.1, 0.15) is 24.0 Å². The van der Waals surface area contributed by atoms with Gasteiger partial charge < -0.3 is 19.5 Å². The highest BCUT2D eigenvalue weighted by molar-refractivity contribution is 5.78. The number of para-hydroxylation sites is 2. The lowest BCUT2D eigenvalue weighted by Gasteiger charge is -2.38. The van der Waals surface area contributed by atoms with Gasteiger partial charge in [-0.2, -0.15) is 13.2 Å². The van der Waals surface area contributed by atoms with Crippen molar-refractivity contribution < 1.29 is 32.5 Å². The third kappa shape index (κ3) is 6.89. The number of alkyl halides is 3. The van der Waals surface area contributed by atoms with Gasteiger partial charge in [0.05, 0.1) is 5.60 Å². The Morgan fingerprint density at radius 2 is 1.71 bits per heavy atom. The van der Waals surface area contributed by atoms with Gasteiger partial charge >= 0.3 is 6.18 Å². The molecule has 31 heavy (non-hydrogen) atoms. The van der Waals surface area contributed by atoms with Crippen molar-refractivity contribution in [2.45, 2.75) is 38.0 Å². The molecule has 0 aromatic heterocycles. The molecule has 0 radical (unpaired) electrons.